The molecule has 0 fully saturated rings. The summed E-state index contributed by atoms with van der Waals surface area (Å²) in [6, 6.07) is 10.0. The predicted octanol–water partition coefficient (Wildman–Crippen LogP) is 3.28. The average Bonchev–Trinajstić information content (AvgIpc) is 2.75. The van der Waals surface area contributed by atoms with Crippen molar-refractivity contribution in [3.63, 3.8) is 0 Å². The van der Waals surface area contributed by atoms with E-state index >= 15 is 0 Å². The van der Waals surface area contributed by atoms with Crippen LogP contribution >= 0.6 is 11.9 Å². The molecule has 0 saturated carbocycles. The Morgan fingerprint density at radius 1 is 1.33 bits per heavy atom. The van der Waals surface area contributed by atoms with E-state index in [2.05, 4.69) is 21.5 Å². The van der Waals surface area contributed by atoms with Crippen LogP contribution in [-0.2, 0) is 0 Å². The van der Waals surface area contributed by atoms with Crippen LogP contribution in [0.3, 0.4) is 0 Å². The quantitative estimate of drug-likeness (QED) is 0.772. The van der Waals surface area contributed by atoms with Crippen molar-refractivity contribution in [1.29, 1.82) is 0 Å². The van der Waals surface area contributed by atoms with Gasteiger partial charge in [0.25, 0.3) is 0 Å². The maximum atomic E-state index is 4.20. The molecule has 2 aromatic rings. The molecule has 0 radical (unpaired) electrons. The zero-order chi connectivity index (χ0) is 10.5. The standard InChI is InChI=1S/C11H11N3S/c1-2-15-14-10-8-12-13-11(10)9-6-4-3-5-7-9/h2-8,14H,1H2,(H,12,13). The summed E-state index contributed by atoms with van der Waals surface area (Å²) >= 11 is 1.43. The van der Waals surface area contributed by atoms with Gasteiger partial charge in [0.15, 0.2) is 0 Å². The van der Waals surface area contributed by atoms with Gasteiger partial charge >= 0.3 is 0 Å². The molecule has 15 heavy (non-hydrogen) atoms. The van der Waals surface area contributed by atoms with Gasteiger partial charge in [-0.15, -0.1) is 0 Å². The summed E-state index contributed by atoms with van der Waals surface area (Å²) in [6.07, 6.45) is 1.83. The Hall–Kier alpha value is -1.68. The van der Waals surface area contributed by atoms with Crippen LogP contribution in [-0.4, -0.2) is 10.2 Å². The summed E-state index contributed by atoms with van der Waals surface area (Å²) < 4.78 is 3.15. The van der Waals surface area contributed by atoms with Gasteiger partial charge in [-0.3, -0.25) is 5.10 Å². The largest absolute Gasteiger partial charge is 0.323 e. The fourth-order valence-corrected chi connectivity index (χ4v) is 1.65. The highest BCUT2D eigenvalue weighted by Gasteiger charge is 2.06. The molecule has 0 aliphatic heterocycles. The van der Waals surface area contributed by atoms with Crippen LogP contribution < -0.4 is 4.72 Å². The van der Waals surface area contributed by atoms with Crippen LogP contribution in [0.1, 0.15) is 0 Å². The van der Waals surface area contributed by atoms with Crippen LogP contribution in [0.2, 0.25) is 0 Å². The predicted molar refractivity (Wildman–Crippen MR) is 65.4 cm³/mol. The highest BCUT2D eigenvalue weighted by Crippen LogP contribution is 2.26. The van der Waals surface area contributed by atoms with Crippen molar-refractivity contribution in [1.82, 2.24) is 10.2 Å². The van der Waals surface area contributed by atoms with Crippen LogP contribution in [0.5, 0.6) is 0 Å². The Morgan fingerprint density at radius 2 is 2.13 bits per heavy atom. The average molecular weight is 217 g/mol. The maximum absolute atomic E-state index is 4.20. The van der Waals surface area contributed by atoms with E-state index in [1.54, 1.807) is 5.41 Å². The van der Waals surface area contributed by atoms with Gasteiger partial charge in [0, 0.05) is 11.8 Å². The van der Waals surface area contributed by atoms with E-state index in [-0.39, 0.29) is 0 Å². The fraction of sp³-hybridized carbons (Fsp3) is 0. The summed E-state index contributed by atoms with van der Waals surface area (Å²) in [6.45, 7) is 3.63. The van der Waals surface area contributed by atoms with Gasteiger partial charge in [0.2, 0.25) is 0 Å². The first kappa shape index (κ1) is 9.86. The van der Waals surface area contributed by atoms with Crippen molar-refractivity contribution in [2.75, 3.05) is 4.72 Å². The number of nitrogens with one attached hydrogen (secondary N) is 2. The number of benzene rings is 1. The Bertz CT molecular complexity index is 436. The molecule has 0 aliphatic carbocycles. The topological polar surface area (TPSA) is 40.7 Å². The first-order chi connectivity index (χ1) is 7.42. The third-order valence-corrected chi connectivity index (χ3v) is 2.44. The molecule has 1 heterocycles. The van der Waals surface area contributed by atoms with Crippen molar-refractivity contribution in [2.45, 2.75) is 0 Å². The molecule has 4 heteroatoms. The molecule has 76 valence electrons. The minimum Gasteiger partial charge on any atom is -0.323 e. The molecule has 0 aliphatic rings. The lowest BCUT2D eigenvalue weighted by Crippen LogP contribution is -1.85. The minimum absolute atomic E-state index is 0.921. The summed E-state index contributed by atoms with van der Waals surface area (Å²) in [5.74, 6) is 0. The van der Waals surface area contributed by atoms with E-state index in [0.717, 1.165) is 16.9 Å². The Balaban J connectivity index is 2.29. The zero-order valence-corrected chi connectivity index (χ0v) is 8.92. The van der Waals surface area contributed by atoms with Crippen LogP contribution in [0.25, 0.3) is 11.3 Å². The fourth-order valence-electron chi connectivity index (χ4n) is 1.29. The smallest absolute Gasteiger partial charge is 0.116 e. The lowest BCUT2D eigenvalue weighted by Gasteiger charge is -2.02. The van der Waals surface area contributed by atoms with Gasteiger partial charge < -0.3 is 4.72 Å². The molecule has 0 bridgehead atoms. The van der Waals surface area contributed by atoms with Crippen molar-refractivity contribution >= 4 is 17.6 Å². The molecule has 0 atom stereocenters. The molecule has 0 saturated heterocycles. The Morgan fingerprint density at radius 3 is 2.87 bits per heavy atom. The highest BCUT2D eigenvalue weighted by atomic mass is 32.2. The number of aromatic amines is 1. The van der Waals surface area contributed by atoms with E-state index < -0.39 is 0 Å². The normalized spacial score (nSPS) is 9.87. The van der Waals surface area contributed by atoms with Crippen molar-refractivity contribution in [3.05, 3.63) is 48.5 Å². The molecule has 2 N–H and O–H groups in total. The number of H-pyrrole nitrogens is 1. The van der Waals surface area contributed by atoms with E-state index in [1.807, 2.05) is 36.5 Å². The summed E-state index contributed by atoms with van der Waals surface area (Å²) in [5, 5.41) is 8.79. The van der Waals surface area contributed by atoms with E-state index in [9.17, 15) is 0 Å². The molecule has 1 aromatic heterocycles. The number of hydrogen-bond donors (Lipinski definition) is 2. The van der Waals surface area contributed by atoms with Gasteiger partial charge in [-0.05, 0) is 17.4 Å². The van der Waals surface area contributed by atoms with E-state index in [1.165, 1.54) is 11.9 Å². The molecule has 2 rings (SSSR count). The first-order valence-corrected chi connectivity index (χ1v) is 5.41. The van der Waals surface area contributed by atoms with Gasteiger partial charge in [0.05, 0.1) is 5.69 Å². The highest BCUT2D eigenvalue weighted by molar-refractivity contribution is 8.03. The maximum Gasteiger partial charge on any atom is 0.116 e. The molecule has 1 aromatic carbocycles. The Labute approximate surface area is 92.7 Å². The molecule has 0 amide bonds. The first-order valence-electron chi connectivity index (χ1n) is 4.53. The summed E-state index contributed by atoms with van der Waals surface area (Å²) in [4.78, 5) is 0. The number of anilines is 1. The summed E-state index contributed by atoms with van der Waals surface area (Å²) in [7, 11) is 0. The van der Waals surface area contributed by atoms with E-state index in [0.29, 0.717) is 0 Å². The van der Waals surface area contributed by atoms with Gasteiger partial charge in [-0.1, -0.05) is 36.9 Å². The number of rotatable bonds is 4. The van der Waals surface area contributed by atoms with Crippen molar-refractivity contribution in [3.8, 4) is 11.3 Å². The molecule has 3 nitrogen and oxygen atoms in total. The van der Waals surface area contributed by atoms with Crippen LogP contribution in [0.15, 0.2) is 48.5 Å². The lowest BCUT2D eigenvalue weighted by atomic mass is 10.1. The molecular formula is C11H11N3S. The second-order valence-electron chi connectivity index (χ2n) is 2.90. The monoisotopic (exact) mass is 217 g/mol. The second-order valence-corrected chi connectivity index (χ2v) is 3.67. The van der Waals surface area contributed by atoms with Crippen LogP contribution in [0.4, 0.5) is 5.69 Å². The summed E-state index contributed by atoms with van der Waals surface area (Å²) in [5.41, 5.74) is 2.97. The second kappa shape index (κ2) is 4.70. The van der Waals surface area contributed by atoms with Crippen molar-refractivity contribution in [2.24, 2.45) is 0 Å². The molecule has 0 unspecified atom stereocenters. The van der Waals surface area contributed by atoms with E-state index in [4.69, 9.17) is 0 Å². The third-order valence-electron chi connectivity index (χ3n) is 1.94. The van der Waals surface area contributed by atoms with Gasteiger partial charge in [-0.25, -0.2) is 0 Å². The third kappa shape index (κ3) is 2.22. The Kier molecular flexibility index (Phi) is 3.09. The lowest BCUT2D eigenvalue weighted by molar-refractivity contribution is 1.10. The molecular weight excluding hydrogens is 206 g/mol. The number of aromatic nitrogens is 2. The van der Waals surface area contributed by atoms with Gasteiger partial charge in [-0.2, -0.15) is 5.10 Å². The molecule has 0 spiro atoms. The number of nitrogens with zero attached hydrogens (tertiary/aromatic N) is 1. The SMILES string of the molecule is C=CSNc1c[nH]nc1-c1ccccc1. The van der Waals surface area contributed by atoms with Crippen LogP contribution in [0, 0.1) is 0 Å². The minimum atomic E-state index is 0.921. The number of hydrogen-bond acceptors (Lipinski definition) is 3. The van der Waals surface area contributed by atoms with Crippen molar-refractivity contribution < 1.29 is 0 Å². The zero-order valence-electron chi connectivity index (χ0n) is 8.10. The van der Waals surface area contributed by atoms with Gasteiger partial charge in [0.1, 0.15) is 5.69 Å².